The number of nitrogens with one attached hydrogen (secondary N) is 1. The SMILES string of the molecule is CC(CC1CCC1)Nc1cccc(CN(C)C)c1. The smallest absolute Gasteiger partial charge is 0.0345 e. The molecule has 0 radical (unpaired) electrons. The molecule has 1 aliphatic rings. The fourth-order valence-corrected chi connectivity index (χ4v) is 2.70. The van der Waals surface area contributed by atoms with Crippen molar-refractivity contribution in [1.29, 1.82) is 0 Å². The molecule has 0 aliphatic heterocycles. The molecule has 1 saturated carbocycles. The van der Waals surface area contributed by atoms with Crippen LogP contribution in [0.25, 0.3) is 0 Å². The third-order valence-corrected chi connectivity index (χ3v) is 3.75. The van der Waals surface area contributed by atoms with Crippen LogP contribution in [-0.4, -0.2) is 25.0 Å². The minimum atomic E-state index is 0.588. The van der Waals surface area contributed by atoms with Crippen molar-refractivity contribution in [1.82, 2.24) is 4.90 Å². The van der Waals surface area contributed by atoms with E-state index < -0.39 is 0 Å². The Hall–Kier alpha value is -1.02. The van der Waals surface area contributed by atoms with Crippen LogP contribution >= 0.6 is 0 Å². The van der Waals surface area contributed by atoms with Gasteiger partial charge in [-0.15, -0.1) is 0 Å². The lowest BCUT2D eigenvalue weighted by Gasteiger charge is -2.29. The van der Waals surface area contributed by atoms with Gasteiger partial charge >= 0.3 is 0 Å². The highest BCUT2D eigenvalue weighted by molar-refractivity contribution is 5.46. The number of benzene rings is 1. The number of anilines is 1. The number of hydrogen-bond acceptors (Lipinski definition) is 2. The molecule has 0 bridgehead atoms. The Labute approximate surface area is 111 Å². The molecule has 2 rings (SSSR count). The van der Waals surface area contributed by atoms with E-state index in [2.05, 4.69) is 55.5 Å². The quantitative estimate of drug-likeness (QED) is 0.822. The Balaban J connectivity index is 1.87. The molecule has 0 amide bonds. The lowest BCUT2D eigenvalue weighted by molar-refractivity contribution is 0.286. The summed E-state index contributed by atoms with van der Waals surface area (Å²) < 4.78 is 0. The minimum Gasteiger partial charge on any atom is -0.383 e. The maximum absolute atomic E-state index is 3.64. The molecule has 1 fully saturated rings. The van der Waals surface area contributed by atoms with E-state index in [0.717, 1.165) is 12.5 Å². The summed E-state index contributed by atoms with van der Waals surface area (Å²) in [5, 5.41) is 3.64. The first-order valence-corrected chi connectivity index (χ1v) is 7.13. The van der Waals surface area contributed by atoms with Gasteiger partial charge in [0.25, 0.3) is 0 Å². The van der Waals surface area contributed by atoms with E-state index in [4.69, 9.17) is 0 Å². The molecule has 100 valence electrons. The summed E-state index contributed by atoms with van der Waals surface area (Å²) in [5.74, 6) is 0.970. The number of hydrogen-bond donors (Lipinski definition) is 1. The van der Waals surface area contributed by atoms with Crippen LogP contribution in [-0.2, 0) is 6.54 Å². The summed E-state index contributed by atoms with van der Waals surface area (Å²) in [4.78, 5) is 2.21. The maximum atomic E-state index is 3.64. The second-order valence-electron chi connectivity index (χ2n) is 6.02. The molecule has 0 aromatic heterocycles. The summed E-state index contributed by atoms with van der Waals surface area (Å²) in [6.07, 6.45) is 5.63. The molecule has 1 aromatic rings. The van der Waals surface area contributed by atoms with Gasteiger partial charge in [-0.25, -0.2) is 0 Å². The van der Waals surface area contributed by atoms with Gasteiger partial charge in [-0.2, -0.15) is 0 Å². The first kappa shape index (κ1) is 13.4. The number of nitrogens with zero attached hydrogens (tertiary/aromatic N) is 1. The lowest BCUT2D eigenvalue weighted by Crippen LogP contribution is -2.23. The maximum Gasteiger partial charge on any atom is 0.0345 e. The van der Waals surface area contributed by atoms with Gasteiger partial charge in [0.2, 0.25) is 0 Å². The Morgan fingerprint density at radius 3 is 2.72 bits per heavy atom. The predicted molar refractivity (Wildman–Crippen MR) is 78.9 cm³/mol. The van der Waals surface area contributed by atoms with E-state index in [1.807, 2.05) is 0 Å². The van der Waals surface area contributed by atoms with Crippen molar-refractivity contribution in [3.63, 3.8) is 0 Å². The van der Waals surface area contributed by atoms with Crippen LogP contribution < -0.4 is 5.32 Å². The van der Waals surface area contributed by atoms with Gasteiger partial charge in [0.05, 0.1) is 0 Å². The van der Waals surface area contributed by atoms with E-state index >= 15 is 0 Å². The molecule has 1 atom stereocenters. The standard InChI is InChI=1S/C16H26N2/c1-13(10-14-6-4-7-14)17-16-9-5-8-15(11-16)12-18(2)3/h5,8-9,11,13-14,17H,4,6-7,10,12H2,1-3H3. The molecule has 1 aromatic carbocycles. The van der Waals surface area contributed by atoms with Gasteiger partial charge in [0.1, 0.15) is 0 Å². The molecular formula is C16H26N2. The molecule has 0 spiro atoms. The van der Waals surface area contributed by atoms with E-state index in [0.29, 0.717) is 6.04 Å². The summed E-state index contributed by atoms with van der Waals surface area (Å²) >= 11 is 0. The summed E-state index contributed by atoms with van der Waals surface area (Å²) in [7, 11) is 4.22. The third-order valence-electron chi connectivity index (χ3n) is 3.75. The van der Waals surface area contributed by atoms with Crippen molar-refractivity contribution >= 4 is 5.69 Å². The fraction of sp³-hybridized carbons (Fsp3) is 0.625. The van der Waals surface area contributed by atoms with Crippen LogP contribution in [0.5, 0.6) is 0 Å². The Morgan fingerprint density at radius 1 is 1.33 bits per heavy atom. The normalized spacial score (nSPS) is 17.6. The van der Waals surface area contributed by atoms with Gasteiger partial charge < -0.3 is 10.2 Å². The molecule has 0 heterocycles. The first-order valence-electron chi connectivity index (χ1n) is 7.13. The highest BCUT2D eigenvalue weighted by Crippen LogP contribution is 2.31. The molecule has 18 heavy (non-hydrogen) atoms. The third kappa shape index (κ3) is 4.02. The van der Waals surface area contributed by atoms with E-state index in [1.165, 1.54) is 36.9 Å². The molecule has 0 saturated heterocycles. The van der Waals surface area contributed by atoms with Crippen molar-refractivity contribution < 1.29 is 0 Å². The summed E-state index contributed by atoms with van der Waals surface area (Å²) in [6, 6.07) is 9.39. The van der Waals surface area contributed by atoms with E-state index in [-0.39, 0.29) is 0 Å². The van der Waals surface area contributed by atoms with Crippen molar-refractivity contribution in [2.75, 3.05) is 19.4 Å². The summed E-state index contributed by atoms with van der Waals surface area (Å²) in [5.41, 5.74) is 2.64. The van der Waals surface area contributed by atoms with Crippen LogP contribution in [0.1, 0.15) is 38.2 Å². The molecule has 1 unspecified atom stereocenters. The second kappa shape index (κ2) is 6.24. The molecule has 2 heteroatoms. The summed E-state index contributed by atoms with van der Waals surface area (Å²) in [6.45, 7) is 3.31. The molecule has 1 aliphatic carbocycles. The van der Waals surface area contributed by atoms with Gasteiger partial charge in [0.15, 0.2) is 0 Å². The highest BCUT2D eigenvalue weighted by Gasteiger charge is 2.19. The van der Waals surface area contributed by atoms with Crippen molar-refractivity contribution in [2.45, 2.75) is 45.2 Å². The first-order chi connectivity index (χ1) is 8.63. The van der Waals surface area contributed by atoms with Crippen molar-refractivity contribution in [3.8, 4) is 0 Å². The van der Waals surface area contributed by atoms with Gasteiger partial charge in [-0.3, -0.25) is 0 Å². The van der Waals surface area contributed by atoms with Crippen LogP contribution in [0, 0.1) is 5.92 Å². The monoisotopic (exact) mass is 246 g/mol. The van der Waals surface area contributed by atoms with Gasteiger partial charge in [-0.1, -0.05) is 31.4 Å². The van der Waals surface area contributed by atoms with Crippen LogP contribution in [0.3, 0.4) is 0 Å². The van der Waals surface area contributed by atoms with Gasteiger partial charge in [0, 0.05) is 18.3 Å². The number of rotatable bonds is 6. The highest BCUT2D eigenvalue weighted by atomic mass is 15.0. The Bertz CT molecular complexity index is 369. The average molecular weight is 246 g/mol. The second-order valence-corrected chi connectivity index (χ2v) is 6.02. The van der Waals surface area contributed by atoms with Crippen LogP contribution in [0.4, 0.5) is 5.69 Å². The zero-order valence-corrected chi connectivity index (χ0v) is 11.9. The molecule has 2 nitrogen and oxygen atoms in total. The topological polar surface area (TPSA) is 15.3 Å². The van der Waals surface area contributed by atoms with E-state index in [9.17, 15) is 0 Å². The largest absolute Gasteiger partial charge is 0.383 e. The average Bonchev–Trinajstić information content (AvgIpc) is 2.23. The van der Waals surface area contributed by atoms with Gasteiger partial charge in [-0.05, 0) is 51.1 Å². The molecule has 1 N–H and O–H groups in total. The zero-order chi connectivity index (χ0) is 13.0. The predicted octanol–water partition coefficient (Wildman–Crippen LogP) is 3.74. The van der Waals surface area contributed by atoms with Crippen molar-refractivity contribution in [3.05, 3.63) is 29.8 Å². The van der Waals surface area contributed by atoms with Crippen molar-refractivity contribution in [2.24, 2.45) is 5.92 Å². The van der Waals surface area contributed by atoms with Crippen LogP contribution in [0.2, 0.25) is 0 Å². The zero-order valence-electron chi connectivity index (χ0n) is 11.9. The lowest BCUT2D eigenvalue weighted by atomic mass is 9.81. The molecular weight excluding hydrogens is 220 g/mol. The minimum absolute atomic E-state index is 0.588. The van der Waals surface area contributed by atoms with E-state index in [1.54, 1.807) is 0 Å². The Morgan fingerprint density at radius 2 is 2.11 bits per heavy atom. The van der Waals surface area contributed by atoms with Crippen LogP contribution in [0.15, 0.2) is 24.3 Å². The Kier molecular flexibility index (Phi) is 4.65. The fourth-order valence-electron chi connectivity index (χ4n) is 2.70.